The largest absolute Gasteiger partial charge is 0.460 e. The fourth-order valence-electron chi connectivity index (χ4n) is 2.23. The Morgan fingerprint density at radius 3 is 2.50 bits per heavy atom. The lowest BCUT2D eigenvalue weighted by atomic mass is 9.98. The zero-order valence-electron chi connectivity index (χ0n) is 13.4. The van der Waals surface area contributed by atoms with E-state index in [0.717, 1.165) is 12.8 Å². The van der Waals surface area contributed by atoms with Gasteiger partial charge in [-0.25, -0.2) is 4.79 Å². The minimum atomic E-state index is -0.453. The van der Waals surface area contributed by atoms with Gasteiger partial charge in [0.1, 0.15) is 6.61 Å². The number of carbonyl (C=O) groups excluding carboxylic acids is 1. The maximum absolute atomic E-state index is 11.5. The van der Waals surface area contributed by atoms with Crippen molar-refractivity contribution in [3.05, 3.63) is 24.8 Å². The molecule has 1 fully saturated rings. The average molecular weight is 312 g/mol. The van der Waals surface area contributed by atoms with Crippen LogP contribution in [0.3, 0.4) is 0 Å². The van der Waals surface area contributed by atoms with Crippen LogP contribution in [0.25, 0.3) is 0 Å². The molecular formula is C17H28O5. The molecule has 0 aliphatic heterocycles. The smallest absolute Gasteiger partial charge is 0.335 e. The molecule has 0 unspecified atom stereocenters. The van der Waals surface area contributed by atoms with Crippen LogP contribution in [0.5, 0.6) is 0 Å². The molecule has 0 bridgehead atoms. The summed E-state index contributed by atoms with van der Waals surface area (Å²) in [6, 6.07) is 0. The van der Waals surface area contributed by atoms with Crippen molar-refractivity contribution >= 4 is 5.97 Å². The standard InChI is InChI=1S/C17H28O5/c1-3-9-20-14-15(2)17(18)22-13-11-19-10-12-21-16-7-5-4-6-8-16/h3,16H,1-2,4-14H2. The highest BCUT2D eigenvalue weighted by Crippen LogP contribution is 2.19. The molecule has 0 heterocycles. The maximum Gasteiger partial charge on any atom is 0.335 e. The summed E-state index contributed by atoms with van der Waals surface area (Å²) in [6.45, 7) is 9.37. The van der Waals surface area contributed by atoms with Crippen LogP contribution in [0.2, 0.25) is 0 Å². The summed E-state index contributed by atoms with van der Waals surface area (Å²) >= 11 is 0. The van der Waals surface area contributed by atoms with Crippen LogP contribution in [0.15, 0.2) is 24.8 Å². The first-order valence-electron chi connectivity index (χ1n) is 7.97. The van der Waals surface area contributed by atoms with Gasteiger partial charge in [0.05, 0.1) is 44.7 Å². The van der Waals surface area contributed by atoms with Crippen molar-refractivity contribution in [1.29, 1.82) is 0 Å². The molecule has 0 aromatic heterocycles. The number of hydrogen-bond donors (Lipinski definition) is 0. The van der Waals surface area contributed by atoms with E-state index in [1.165, 1.54) is 19.3 Å². The summed E-state index contributed by atoms with van der Waals surface area (Å²) in [5.74, 6) is -0.453. The molecule has 0 aromatic carbocycles. The highest BCUT2D eigenvalue weighted by Gasteiger charge is 2.13. The summed E-state index contributed by atoms with van der Waals surface area (Å²) in [5, 5.41) is 0. The van der Waals surface area contributed by atoms with Gasteiger partial charge < -0.3 is 18.9 Å². The molecule has 0 N–H and O–H groups in total. The van der Waals surface area contributed by atoms with Gasteiger partial charge in [0.25, 0.3) is 0 Å². The van der Waals surface area contributed by atoms with Crippen LogP contribution in [0, 0.1) is 0 Å². The van der Waals surface area contributed by atoms with Crippen LogP contribution in [-0.4, -0.2) is 51.7 Å². The van der Waals surface area contributed by atoms with E-state index < -0.39 is 5.97 Å². The van der Waals surface area contributed by atoms with Crippen molar-refractivity contribution in [2.45, 2.75) is 38.2 Å². The van der Waals surface area contributed by atoms with E-state index in [1.54, 1.807) is 6.08 Å². The van der Waals surface area contributed by atoms with Gasteiger partial charge in [-0.3, -0.25) is 0 Å². The van der Waals surface area contributed by atoms with Crippen LogP contribution < -0.4 is 0 Å². The Bertz CT molecular complexity index is 334. The molecule has 1 aliphatic rings. The van der Waals surface area contributed by atoms with E-state index in [2.05, 4.69) is 13.2 Å². The fourth-order valence-corrected chi connectivity index (χ4v) is 2.23. The third kappa shape index (κ3) is 8.97. The minimum absolute atomic E-state index is 0.154. The van der Waals surface area contributed by atoms with Gasteiger partial charge in [-0.05, 0) is 12.8 Å². The number of carbonyl (C=O) groups is 1. The molecular weight excluding hydrogens is 284 g/mol. The molecule has 5 nitrogen and oxygen atoms in total. The van der Waals surface area contributed by atoms with E-state index in [-0.39, 0.29) is 13.2 Å². The molecule has 0 amide bonds. The number of rotatable bonds is 12. The van der Waals surface area contributed by atoms with Crippen molar-refractivity contribution in [1.82, 2.24) is 0 Å². The van der Waals surface area contributed by atoms with Crippen LogP contribution in [0.4, 0.5) is 0 Å². The summed E-state index contributed by atoms with van der Waals surface area (Å²) in [5.41, 5.74) is 0.294. The third-order valence-electron chi connectivity index (χ3n) is 3.39. The van der Waals surface area contributed by atoms with E-state index in [9.17, 15) is 4.79 Å². The van der Waals surface area contributed by atoms with Gasteiger partial charge in [0.15, 0.2) is 0 Å². The third-order valence-corrected chi connectivity index (χ3v) is 3.39. The SMILES string of the molecule is C=CCOCC(=C)C(=O)OCCOCCOC1CCCCC1. The Morgan fingerprint density at radius 1 is 1.05 bits per heavy atom. The van der Waals surface area contributed by atoms with Crippen LogP contribution in [0.1, 0.15) is 32.1 Å². The Morgan fingerprint density at radius 2 is 1.77 bits per heavy atom. The lowest BCUT2D eigenvalue weighted by Gasteiger charge is -2.21. The van der Waals surface area contributed by atoms with E-state index in [0.29, 0.717) is 38.1 Å². The maximum atomic E-state index is 11.5. The summed E-state index contributed by atoms with van der Waals surface area (Å²) in [4.78, 5) is 11.5. The highest BCUT2D eigenvalue weighted by molar-refractivity contribution is 5.87. The van der Waals surface area contributed by atoms with Crippen molar-refractivity contribution < 1.29 is 23.7 Å². The molecule has 0 spiro atoms. The van der Waals surface area contributed by atoms with Gasteiger partial charge in [-0.2, -0.15) is 0 Å². The first-order chi connectivity index (χ1) is 10.7. The van der Waals surface area contributed by atoms with Gasteiger partial charge in [-0.1, -0.05) is 31.9 Å². The lowest BCUT2D eigenvalue weighted by Crippen LogP contribution is -2.20. The molecule has 1 aliphatic carbocycles. The first-order valence-corrected chi connectivity index (χ1v) is 7.97. The van der Waals surface area contributed by atoms with Crippen molar-refractivity contribution in [2.24, 2.45) is 0 Å². The highest BCUT2D eigenvalue weighted by atomic mass is 16.6. The Kier molecular flexibility index (Phi) is 10.6. The summed E-state index contributed by atoms with van der Waals surface area (Å²) in [6.07, 6.45) is 8.19. The van der Waals surface area contributed by atoms with Gasteiger partial charge >= 0.3 is 5.97 Å². The summed E-state index contributed by atoms with van der Waals surface area (Å²) < 4.78 is 21.2. The topological polar surface area (TPSA) is 54.0 Å². The number of ether oxygens (including phenoxy) is 4. The van der Waals surface area contributed by atoms with Crippen molar-refractivity contribution in [3.8, 4) is 0 Å². The second-order valence-electron chi connectivity index (χ2n) is 5.29. The predicted molar refractivity (Wildman–Crippen MR) is 84.8 cm³/mol. The average Bonchev–Trinajstić information content (AvgIpc) is 2.54. The molecule has 0 atom stereocenters. The molecule has 1 saturated carbocycles. The molecule has 22 heavy (non-hydrogen) atoms. The molecule has 5 heteroatoms. The second kappa shape index (κ2) is 12.4. The summed E-state index contributed by atoms with van der Waals surface area (Å²) in [7, 11) is 0. The number of esters is 1. The Balaban J connectivity index is 1.90. The molecule has 126 valence electrons. The Labute approximate surface area is 133 Å². The van der Waals surface area contributed by atoms with Gasteiger partial charge in [0.2, 0.25) is 0 Å². The fraction of sp³-hybridized carbons (Fsp3) is 0.706. The zero-order chi connectivity index (χ0) is 16.0. The van der Waals surface area contributed by atoms with E-state index in [1.807, 2.05) is 0 Å². The predicted octanol–water partition coefficient (Wildman–Crippen LogP) is 2.65. The lowest BCUT2D eigenvalue weighted by molar-refractivity contribution is -0.141. The monoisotopic (exact) mass is 312 g/mol. The van der Waals surface area contributed by atoms with E-state index in [4.69, 9.17) is 18.9 Å². The zero-order valence-corrected chi connectivity index (χ0v) is 13.4. The van der Waals surface area contributed by atoms with E-state index >= 15 is 0 Å². The molecule has 0 aromatic rings. The van der Waals surface area contributed by atoms with Crippen LogP contribution >= 0.6 is 0 Å². The minimum Gasteiger partial charge on any atom is -0.460 e. The van der Waals surface area contributed by atoms with Crippen LogP contribution in [-0.2, 0) is 23.7 Å². The van der Waals surface area contributed by atoms with Gasteiger partial charge in [0, 0.05) is 0 Å². The van der Waals surface area contributed by atoms with Gasteiger partial charge in [-0.15, -0.1) is 6.58 Å². The number of hydrogen-bond acceptors (Lipinski definition) is 5. The second-order valence-corrected chi connectivity index (χ2v) is 5.29. The van der Waals surface area contributed by atoms with Crippen molar-refractivity contribution in [2.75, 3.05) is 39.6 Å². The van der Waals surface area contributed by atoms with Crippen molar-refractivity contribution in [3.63, 3.8) is 0 Å². The Hall–Kier alpha value is -1.17. The first kappa shape index (κ1) is 18.9. The normalized spacial score (nSPS) is 15.5. The quantitative estimate of drug-likeness (QED) is 0.240. The molecule has 1 rings (SSSR count). The molecule has 0 radical (unpaired) electrons. The molecule has 0 saturated heterocycles.